The SMILES string of the molecule is Nc1ccc(N=Nc2ccc(/C=C/c3ccc(N=Nc4ccc(N)c5ccc(S(=O)(=O)O)cc45)cc3S(=O)(=O)O)c(S(=O)(=O)O)c2)c2cc(S(=O)(=O)O)ccc12. The molecule has 0 bridgehead atoms. The van der Waals surface area contributed by atoms with Gasteiger partial charge in [0.15, 0.2) is 0 Å². The molecular formula is C34H26N6O12S4. The number of hydrogen-bond acceptors (Lipinski definition) is 14. The molecule has 0 heterocycles. The molecule has 6 aromatic carbocycles. The molecule has 0 amide bonds. The number of nitrogen functional groups attached to an aromatic ring is 2. The first-order valence-electron chi connectivity index (χ1n) is 15.4. The van der Waals surface area contributed by atoms with Crippen molar-refractivity contribution in [2.75, 3.05) is 11.5 Å². The maximum Gasteiger partial charge on any atom is 0.295 e. The molecule has 0 fully saturated rings. The quantitative estimate of drug-likeness (QED) is 0.0345. The van der Waals surface area contributed by atoms with Crippen LogP contribution in [0.2, 0.25) is 0 Å². The first kappa shape index (κ1) is 39.7. The average Bonchev–Trinajstić information content (AvgIpc) is 3.12. The van der Waals surface area contributed by atoms with E-state index in [-0.39, 0.29) is 56.0 Å². The lowest BCUT2D eigenvalue weighted by molar-refractivity contribution is 0.480. The maximum absolute atomic E-state index is 12.4. The summed E-state index contributed by atoms with van der Waals surface area (Å²) in [5.74, 6) is 0. The molecule has 0 saturated carbocycles. The Morgan fingerprint density at radius 3 is 1.12 bits per heavy atom. The van der Waals surface area contributed by atoms with Crippen LogP contribution in [0.1, 0.15) is 11.1 Å². The minimum Gasteiger partial charge on any atom is -0.398 e. The van der Waals surface area contributed by atoms with Gasteiger partial charge in [-0.1, -0.05) is 36.4 Å². The van der Waals surface area contributed by atoms with Gasteiger partial charge < -0.3 is 11.5 Å². The van der Waals surface area contributed by atoms with Gasteiger partial charge in [0.25, 0.3) is 40.5 Å². The monoisotopic (exact) mass is 838 g/mol. The zero-order valence-corrected chi connectivity index (χ0v) is 31.3. The lowest BCUT2D eigenvalue weighted by atomic mass is 10.1. The number of hydrogen-bond donors (Lipinski definition) is 6. The molecule has 0 saturated heterocycles. The molecule has 0 unspecified atom stereocenters. The van der Waals surface area contributed by atoms with Crippen molar-refractivity contribution < 1.29 is 51.9 Å². The molecule has 0 aliphatic carbocycles. The van der Waals surface area contributed by atoms with Crippen LogP contribution in [0.25, 0.3) is 33.7 Å². The van der Waals surface area contributed by atoms with Gasteiger partial charge in [-0.25, -0.2) is 0 Å². The van der Waals surface area contributed by atoms with E-state index in [2.05, 4.69) is 20.5 Å². The summed E-state index contributed by atoms with van der Waals surface area (Å²) in [6.07, 6.45) is 2.29. The van der Waals surface area contributed by atoms with Gasteiger partial charge in [-0.2, -0.15) is 43.9 Å². The molecule has 8 N–H and O–H groups in total. The number of nitrogens with zero attached hydrogens (tertiary/aromatic N) is 4. The predicted molar refractivity (Wildman–Crippen MR) is 206 cm³/mol. The summed E-state index contributed by atoms with van der Waals surface area (Å²) in [7, 11) is -19.0. The van der Waals surface area contributed by atoms with E-state index < -0.39 is 60.1 Å². The first-order valence-corrected chi connectivity index (χ1v) is 21.2. The van der Waals surface area contributed by atoms with Crippen LogP contribution in [-0.2, 0) is 40.5 Å². The van der Waals surface area contributed by atoms with Gasteiger partial charge in [0.2, 0.25) is 0 Å². The Balaban J connectivity index is 1.34. The van der Waals surface area contributed by atoms with E-state index >= 15 is 0 Å². The smallest absolute Gasteiger partial charge is 0.295 e. The molecule has 0 aromatic heterocycles. The predicted octanol–water partition coefficient (Wildman–Crippen LogP) is 7.15. The number of benzene rings is 6. The summed E-state index contributed by atoms with van der Waals surface area (Å²) in [5.41, 5.74) is 12.3. The molecule has 18 nitrogen and oxygen atoms in total. The molecule has 0 atom stereocenters. The van der Waals surface area contributed by atoms with Crippen molar-refractivity contribution in [1.29, 1.82) is 0 Å². The second-order valence-corrected chi connectivity index (χ2v) is 17.5. The molecule has 22 heteroatoms. The summed E-state index contributed by atoms with van der Waals surface area (Å²) in [6, 6.07) is 20.1. The van der Waals surface area contributed by atoms with Gasteiger partial charge in [0, 0.05) is 32.9 Å². The zero-order chi connectivity index (χ0) is 40.8. The largest absolute Gasteiger partial charge is 0.398 e. The normalized spacial score (nSPS) is 13.1. The summed E-state index contributed by atoms with van der Waals surface area (Å²) in [4.78, 5) is -2.18. The van der Waals surface area contributed by atoms with Crippen LogP contribution in [0.4, 0.5) is 34.1 Å². The Morgan fingerprint density at radius 1 is 0.411 bits per heavy atom. The zero-order valence-electron chi connectivity index (χ0n) is 28.0. The highest BCUT2D eigenvalue weighted by Crippen LogP contribution is 2.36. The van der Waals surface area contributed by atoms with Crippen molar-refractivity contribution in [3.05, 3.63) is 108 Å². The lowest BCUT2D eigenvalue weighted by Crippen LogP contribution is -2.01. The fraction of sp³-hybridized carbons (Fsp3) is 0. The molecular weight excluding hydrogens is 813 g/mol. The first-order chi connectivity index (χ1) is 26.1. The van der Waals surface area contributed by atoms with E-state index in [9.17, 15) is 51.9 Å². The Kier molecular flexibility index (Phi) is 10.3. The van der Waals surface area contributed by atoms with Gasteiger partial charge >= 0.3 is 0 Å². The standard InChI is InChI=1S/C34H26N6O12S4/c35-29-11-13-31(27-17-23(53(41,42)43)7-9-25(27)29)39-37-21-5-3-19(33(15-21)55(47,48)49)1-2-20-4-6-22(16-34(20)56(50,51)52)38-40-32-14-12-30(36)26-10-8-24(18-28(26)32)54(44,45)46/h1-18H,35-36H2,(H,41,42,43)(H,44,45,46)(H,47,48,49)(H,50,51,52)/b2-1+,39-37?,40-38?. The van der Waals surface area contributed by atoms with E-state index in [1.807, 2.05) is 0 Å². The van der Waals surface area contributed by atoms with E-state index in [0.29, 0.717) is 10.8 Å². The maximum atomic E-state index is 12.4. The average molecular weight is 839 g/mol. The fourth-order valence-electron chi connectivity index (χ4n) is 5.46. The molecule has 0 aliphatic heterocycles. The fourth-order valence-corrected chi connectivity index (χ4v) is 7.88. The van der Waals surface area contributed by atoms with Crippen molar-refractivity contribution in [3.63, 3.8) is 0 Å². The highest BCUT2D eigenvalue weighted by molar-refractivity contribution is 7.86. The second-order valence-electron chi connectivity index (χ2n) is 11.8. The van der Waals surface area contributed by atoms with Crippen LogP contribution in [0.15, 0.2) is 137 Å². The van der Waals surface area contributed by atoms with E-state index in [1.54, 1.807) is 0 Å². The van der Waals surface area contributed by atoms with Crippen molar-refractivity contribution in [3.8, 4) is 0 Å². The number of anilines is 2. The summed E-state index contributed by atoms with van der Waals surface area (Å²) < 4.78 is 135. The molecule has 6 rings (SSSR count). The summed E-state index contributed by atoms with van der Waals surface area (Å²) in [6.45, 7) is 0. The minimum atomic E-state index is -4.93. The number of fused-ring (bicyclic) bond motifs is 2. The summed E-state index contributed by atoms with van der Waals surface area (Å²) in [5, 5.41) is 17.4. The van der Waals surface area contributed by atoms with Crippen LogP contribution < -0.4 is 11.5 Å². The number of rotatable bonds is 10. The van der Waals surface area contributed by atoms with Crippen LogP contribution in [0, 0.1) is 0 Å². The Hall–Kier alpha value is -5.98. The van der Waals surface area contributed by atoms with Gasteiger partial charge in [-0.05, 0) is 83.9 Å². The Labute approximate surface area is 318 Å². The minimum absolute atomic E-state index is 0.0814. The van der Waals surface area contributed by atoms with E-state index in [0.717, 1.165) is 48.6 Å². The lowest BCUT2D eigenvalue weighted by Gasteiger charge is -2.08. The van der Waals surface area contributed by atoms with Gasteiger partial charge in [0.05, 0.1) is 32.5 Å². The van der Waals surface area contributed by atoms with E-state index in [1.165, 1.54) is 60.7 Å². The second kappa shape index (κ2) is 14.6. The Bertz CT molecular complexity index is 2960. The highest BCUT2D eigenvalue weighted by atomic mass is 32.2. The molecule has 0 radical (unpaired) electrons. The van der Waals surface area contributed by atoms with Crippen molar-refractivity contribution >= 4 is 108 Å². The van der Waals surface area contributed by atoms with Crippen LogP contribution in [-0.4, -0.2) is 51.9 Å². The van der Waals surface area contributed by atoms with Crippen molar-refractivity contribution in [1.82, 2.24) is 0 Å². The molecule has 0 spiro atoms. The van der Waals surface area contributed by atoms with Crippen LogP contribution >= 0.6 is 0 Å². The highest BCUT2D eigenvalue weighted by Gasteiger charge is 2.19. The van der Waals surface area contributed by atoms with Gasteiger partial charge in [-0.3, -0.25) is 18.2 Å². The molecule has 0 aliphatic rings. The topological polar surface area (TPSA) is 319 Å². The Morgan fingerprint density at radius 2 is 0.786 bits per heavy atom. The molecule has 56 heavy (non-hydrogen) atoms. The molecule has 6 aromatic rings. The van der Waals surface area contributed by atoms with Gasteiger partial charge in [-0.15, -0.1) is 10.2 Å². The van der Waals surface area contributed by atoms with Crippen molar-refractivity contribution in [2.45, 2.75) is 19.6 Å². The summed E-state index contributed by atoms with van der Waals surface area (Å²) >= 11 is 0. The van der Waals surface area contributed by atoms with Crippen LogP contribution in [0.3, 0.4) is 0 Å². The van der Waals surface area contributed by atoms with Crippen LogP contribution in [0.5, 0.6) is 0 Å². The third-order valence-corrected chi connectivity index (χ3v) is 11.7. The third kappa shape index (κ3) is 8.61. The van der Waals surface area contributed by atoms with E-state index in [4.69, 9.17) is 11.5 Å². The number of azo groups is 2. The van der Waals surface area contributed by atoms with Gasteiger partial charge in [0.1, 0.15) is 9.79 Å². The third-order valence-electron chi connectivity index (χ3n) is 8.13. The van der Waals surface area contributed by atoms with Crippen molar-refractivity contribution in [2.24, 2.45) is 20.5 Å². The molecule has 288 valence electrons. The number of nitrogens with two attached hydrogens (primary N) is 2.